The molecular formula is C30H50N5OP. The van der Waals surface area contributed by atoms with E-state index >= 15 is 0 Å². The Morgan fingerprint density at radius 3 is 2.38 bits per heavy atom. The van der Waals surface area contributed by atoms with Gasteiger partial charge in [-0.2, -0.15) is 0 Å². The van der Waals surface area contributed by atoms with Crippen LogP contribution in [0.4, 0.5) is 0 Å². The van der Waals surface area contributed by atoms with Gasteiger partial charge in [0.1, 0.15) is 6.33 Å². The number of aryl methyl sites for hydroxylation is 2. The number of piperazine rings is 1. The molecular weight excluding hydrogens is 477 g/mol. The number of likely N-dealkylation sites (tertiary alicyclic amines) is 1. The van der Waals surface area contributed by atoms with E-state index in [0.29, 0.717) is 17.6 Å². The Labute approximate surface area is 228 Å². The fourth-order valence-electron chi connectivity index (χ4n) is 6.41. The Morgan fingerprint density at radius 2 is 1.78 bits per heavy atom. The summed E-state index contributed by atoms with van der Waals surface area (Å²) in [6, 6.07) is 1.17. The smallest absolute Gasteiger partial charge is 0.257 e. The molecule has 2 fully saturated rings. The number of aromatic nitrogens is 2. The molecule has 37 heavy (non-hydrogen) atoms. The van der Waals surface area contributed by atoms with Crippen molar-refractivity contribution in [3.8, 4) is 0 Å². The van der Waals surface area contributed by atoms with Crippen LogP contribution in [-0.2, 0) is 0 Å². The number of piperidine rings is 1. The van der Waals surface area contributed by atoms with E-state index in [1.165, 1.54) is 31.0 Å². The van der Waals surface area contributed by atoms with Crippen molar-refractivity contribution in [3.63, 3.8) is 0 Å². The molecule has 2 saturated heterocycles. The summed E-state index contributed by atoms with van der Waals surface area (Å²) in [6.07, 6.45) is 12.1. The van der Waals surface area contributed by atoms with Gasteiger partial charge in [-0.05, 0) is 72.6 Å². The van der Waals surface area contributed by atoms with Gasteiger partial charge in [0.25, 0.3) is 5.91 Å². The second-order valence-corrected chi connectivity index (χ2v) is 11.9. The molecule has 7 heteroatoms. The van der Waals surface area contributed by atoms with Crippen molar-refractivity contribution >= 4 is 15.1 Å². The largest absolute Gasteiger partial charge is 0.338 e. The van der Waals surface area contributed by atoms with Gasteiger partial charge < -0.3 is 4.90 Å². The minimum Gasteiger partial charge on any atom is -0.338 e. The highest BCUT2D eigenvalue weighted by molar-refractivity contribution is 7.22. The van der Waals surface area contributed by atoms with Gasteiger partial charge in [0, 0.05) is 50.3 Å². The zero-order chi connectivity index (χ0) is 27.2. The van der Waals surface area contributed by atoms with Gasteiger partial charge in [0.2, 0.25) is 0 Å². The van der Waals surface area contributed by atoms with Gasteiger partial charge in [-0.25, -0.2) is 9.97 Å². The van der Waals surface area contributed by atoms with Crippen LogP contribution in [0.15, 0.2) is 29.9 Å². The van der Waals surface area contributed by atoms with E-state index in [1.807, 2.05) is 32.6 Å². The standard InChI is InChI=1S/C28H44N5OP.C2H6/c1-20-18-32(16-17-33(20)25-11-7-10-24(25)9-6-8-21(2)35)28(5)12-14-31(15-13-28)27(34)26-22(3)29-19-30-23(26)4;1-2/h10,19-20,25H,2,6-9,11-18,35H2,1,3-5H3;1-2H3/t20-,25?;/m0./s1. The lowest BCUT2D eigenvalue weighted by Gasteiger charge is -2.52. The minimum atomic E-state index is 0.0895. The third-order valence-corrected chi connectivity index (χ3v) is 8.94. The average molecular weight is 528 g/mol. The molecule has 0 radical (unpaired) electrons. The highest BCUT2D eigenvalue weighted by atomic mass is 31.0. The minimum absolute atomic E-state index is 0.0895. The predicted octanol–water partition coefficient (Wildman–Crippen LogP) is 5.77. The molecule has 3 aliphatic rings. The molecule has 0 bridgehead atoms. The van der Waals surface area contributed by atoms with Crippen molar-refractivity contribution in [1.82, 2.24) is 24.7 Å². The van der Waals surface area contributed by atoms with Gasteiger partial charge in [-0.3, -0.25) is 14.6 Å². The van der Waals surface area contributed by atoms with Gasteiger partial charge >= 0.3 is 0 Å². The molecule has 0 N–H and O–H groups in total. The predicted molar refractivity (Wildman–Crippen MR) is 158 cm³/mol. The Hall–Kier alpha value is -1.62. The summed E-state index contributed by atoms with van der Waals surface area (Å²) in [4.78, 5) is 29.2. The number of amides is 1. The van der Waals surface area contributed by atoms with Crippen molar-refractivity contribution in [2.24, 2.45) is 0 Å². The van der Waals surface area contributed by atoms with Crippen molar-refractivity contribution in [1.29, 1.82) is 0 Å². The highest BCUT2D eigenvalue weighted by Gasteiger charge is 2.41. The van der Waals surface area contributed by atoms with Gasteiger partial charge in [0.15, 0.2) is 0 Å². The van der Waals surface area contributed by atoms with Crippen LogP contribution in [0.2, 0.25) is 0 Å². The molecule has 1 aromatic heterocycles. The number of carbonyl (C=O) groups is 1. The molecule has 1 aliphatic carbocycles. The number of carbonyl (C=O) groups excluding carboxylic acids is 1. The van der Waals surface area contributed by atoms with Crippen LogP contribution in [0.3, 0.4) is 0 Å². The van der Waals surface area contributed by atoms with E-state index in [-0.39, 0.29) is 11.4 Å². The van der Waals surface area contributed by atoms with Gasteiger partial charge in [-0.15, -0.1) is 9.24 Å². The van der Waals surface area contributed by atoms with Crippen LogP contribution < -0.4 is 0 Å². The van der Waals surface area contributed by atoms with E-state index in [1.54, 1.807) is 11.9 Å². The molecule has 6 nitrogen and oxygen atoms in total. The summed E-state index contributed by atoms with van der Waals surface area (Å²) in [5.74, 6) is 0.0895. The van der Waals surface area contributed by atoms with E-state index < -0.39 is 0 Å². The monoisotopic (exact) mass is 527 g/mol. The summed E-state index contributed by atoms with van der Waals surface area (Å²) >= 11 is 0. The summed E-state index contributed by atoms with van der Waals surface area (Å²) < 4.78 is 0. The lowest BCUT2D eigenvalue weighted by molar-refractivity contribution is -0.0254. The molecule has 0 aromatic carbocycles. The third-order valence-electron chi connectivity index (χ3n) is 8.65. The Balaban J connectivity index is 0.00000186. The van der Waals surface area contributed by atoms with Crippen molar-refractivity contribution in [3.05, 3.63) is 46.8 Å². The van der Waals surface area contributed by atoms with E-state index in [9.17, 15) is 4.79 Å². The summed E-state index contributed by atoms with van der Waals surface area (Å²) in [7, 11) is 2.75. The molecule has 3 heterocycles. The second kappa shape index (κ2) is 13.4. The maximum absolute atomic E-state index is 13.2. The fourth-order valence-corrected chi connectivity index (χ4v) is 6.61. The van der Waals surface area contributed by atoms with Gasteiger partial charge in [-0.1, -0.05) is 37.4 Å². The first-order valence-corrected chi connectivity index (χ1v) is 15.0. The third kappa shape index (κ3) is 7.07. The van der Waals surface area contributed by atoms with Crippen LogP contribution in [0.5, 0.6) is 0 Å². The number of allylic oxidation sites excluding steroid dienone is 2. The first-order chi connectivity index (χ1) is 17.7. The molecule has 1 aromatic rings. The summed E-state index contributed by atoms with van der Waals surface area (Å²) in [5.41, 5.74) is 4.05. The Kier molecular flexibility index (Phi) is 10.9. The first-order valence-electron chi connectivity index (χ1n) is 14.4. The quantitative estimate of drug-likeness (QED) is 0.333. The summed E-state index contributed by atoms with van der Waals surface area (Å²) in [6.45, 7) is 21.6. The topological polar surface area (TPSA) is 52.6 Å². The van der Waals surface area contributed by atoms with Crippen LogP contribution in [0.1, 0.15) is 94.4 Å². The molecule has 2 unspecified atom stereocenters. The second-order valence-electron chi connectivity index (χ2n) is 11.1. The fraction of sp³-hybridized carbons (Fsp3) is 0.700. The molecule has 0 spiro atoms. The van der Waals surface area contributed by atoms with Crippen molar-refractivity contribution in [2.45, 2.75) is 104 Å². The SMILES string of the molecule is C=C(P)CCCC1=CCCC1N1CCN(C2(C)CCN(C(=O)c3c(C)ncnc3C)CC2)C[C@@H]1C.CC. The molecule has 2 aliphatic heterocycles. The van der Waals surface area contributed by atoms with E-state index in [0.717, 1.165) is 63.4 Å². The number of nitrogens with zero attached hydrogens (tertiary/aromatic N) is 5. The van der Waals surface area contributed by atoms with Gasteiger partial charge in [0.05, 0.1) is 17.0 Å². The first kappa shape index (κ1) is 29.9. The number of hydrogen-bond acceptors (Lipinski definition) is 5. The molecule has 0 saturated carbocycles. The van der Waals surface area contributed by atoms with E-state index in [4.69, 9.17) is 0 Å². The van der Waals surface area contributed by atoms with Crippen molar-refractivity contribution < 1.29 is 4.79 Å². The zero-order valence-corrected chi connectivity index (χ0v) is 25.4. The zero-order valence-electron chi connectivity index (χ0n) is 24.2. The van der Waals surface area contributed by atoms with Crippen LogP contribution in [0, 0.1) is 13.8 Å². The highest BCUT2D eigenvalue weighted by Crippen LogP contribution is 2.35. The lowest BCUT2D eigenvalue weighted by atomic mass is 9.86. The van der Waals surface area contributed by atoms with Crippen LogP contribution in [-0.4, -0.2) is 80.9 Å². The maximum atomic E-state index is 13.2. The molecule has 1 amide bonds. The molecule has 3 atom stereocenters. The Morgan fingerprint density at radius 1 is 1.14 bits per heavy atom. The molecule has 4 rings (SSSR count). The number of rotatable bonds is 7. The van der Waals surface area contributed by atoms with Crippen LogP contribution >= 0.6 is 9.24 Å². The van der Waals surface area contributed by atoms with Crippen molar-refractivity contribution in [2.75, 3.05) is 32.7 Å². The Bertz CT molecular complexity index is 948. The summed E-state index contributed by atoms with van der Waals surface area (Å²) in [5, 5.41) is 1.21. The maximum Gasteiger partial charge on any atom is 0.257 e. The lowest BCUT2D eigenvalue weighted by Crippen LogP contribution is -2.63. The number of hydrogen-bond donors (Lipinski definition) is 0. The van der Waals surface area contributed by atoms with Crippen LogP contribution in [0.25, 0.3) is 0 Å². The molecule has 206 valence electrons. The average Bonchev–Trinajstić information content (AvgIpc) is 3.33. The normalized spacial score (nSPS) is 24.3. The van der Waals surface area contributed by atoms with E-state index in [2.05, 4.69) is 55.5 Å².